The number of rotatable bonds is 3. The SMILES string of the molecule is CCOC(=O)c1nn(C)cc1[C@@H]1[C@@H](N)C1(C)C. The maximum Gasteiger partial charge on any atom is 0.359 e. The molecule has 94 valence electrons. The molecule has 2 N–H and O–H groups in total. The van der Waals surface area contributed by atoms with Gasteiger partial charge in [0.25, 0.3) is 0 Å². The van der Waals surface area contributed by atoms with Crippen LogP contribution in [-0.2, 0) is 11.8 Å². The summed E-state index contributed by atoms with van der Waals surface area (Å²) in [7, 11) is 1.80. The van der Waals surface area contributed by atoms with Crippen molar-refractivity contribution in [2.75, 3.05) is 6.61 Å². The Kier molecular flexibility index (Phi) is 2.73. The lowest BCUT2D eigenvalue weighted by Gasteiger charge is -2.03. The van der Waals surface area contributed by atoms with Crippen LogP contribution in [0.3, 0.4) is 0 Å². The number of nitrogens with zero attached hydrogens (tertiary/aromatic N) is 2. The van der Waals surface area contributed by atoms with Crippen molar-refractivity contribution in [1.29, 1.82) is 0 Å². The van der Waals surface area contributed by atoms with Crippen molar-refractivity contribution in [2.24, 2.45) is 18.2 Å². The number of hydrogen-bond donors (Lipinski definition) is 1. The molecule has 1 heterocycles. The predicted molar refractivity (Wildman–Crippen MR) is 63.7 cm³/mol. The molecular formula is C12H19N3O2. The molecule has 1 aromatic rings. The molecule has 1 aromatic heterocycles. The monoisotopic (exact) mass is 237 g/mol. The van der Waals surface area contributed by atoms with Gasteiger partial charge in [0, 0.05) is 30.8 Å². The van der Waals surface area contributed by atoms with Crippen LogP contribution in [0.5, 0.6) is 0 Å². The quantitative estimate of drug-likeness (QED) is 0.798. The number of carbonyl (C=O) groups is 1. The summed E-state index contributed by atoms with van der Waals surface area (Å²) in [6.07, 6.45) is 1.87. The zero-order chi connectivity index (χ0) is 12.8. The van der Waals surface area contributed by atoms with E-state index in [1.807, 2.05) is 6.20 Å². The summed E-state index contributed by atoms with van der Waals surface area (Å²) < 4.78 is 6.65. The van der Waals surface area contributed by atoms with Crippen LogP contribution >= 0.6 is 0 Å². The molecule has 2 rings (SSSR count). The third-order valence-corrected chi connectivity index (χ3v) is 3.57. The second-order valence-corrected chi connectivity index (χ2v) is 5.15. The summed E-state index contributed by atoms with van der Waals surface area (Å²) >= 11 is 0. The van der Waals surface area contributed by atoms with Gasteiger partial charge in [-0.15, -0.1) is 0 Å². The maximum atomic E-state index is 11.8. The third kappa shape index (κ3) is 1.84. The molecule has 0 amide bonds. The molecule has 1 aliphatic rings. The lowest BCUT2D eigenvalue weighted by molar-refractivity contribution is 0.0517. The van der Waals surface area contributed by atoms with E-state index >= 15 is 0 Å². The number of esters is 1. The van der Waals surface area contributed by atoms with E-state index in [1.165, 1.54) is 0 Å². The zero-order valence-corrected chi connectivity index (χ0v) is 10.7. The van der Waals surface area contributed by atoms with Gasteiger partial charge in [-0.05, 0) is 12.3 Å². The smallest absolute Gasteiger partial charge is 0.359 e. The number of nitrogens with two attached hydrogens (primary N) is 1. The van der Waals surface area contributed by atoms with Crippen LogP contribution in [0.15, 0.2) is 6.20 Å². The molecular weight excluding hydrogens is 218 g/mol. The Balaban J connectivity index is 2.33. The van der Waals surface area contributed by atoms with Gasteiger partial charge in [0.2, 0.25) is 0 Å². The molecule has 0 aromatic carbocycles. The summed E-state index contributed by atoms with van der Waals surface area (Å²) in [5, 5.41) is 4.18. The van der Waals surface area contributed by atoms with E-state index in [0.717, 1.165) is 5.56 Å². The molecule has 0 unspecified atom stereocenters. The van der Waals surface area contributed by atoms with E-state index in [-0.39, 0.29) is 23.3 Å². The number of aromatic nitrogens is 2. The van der Waals surface area contributed by atoms with Crippen molar-refractivity contribution in [3.63, 3.8) is 0 Å². The van der Waals surface area contributed by atoms with E-state index in [0.29, 0.717) is 12.3 Å². The molecule has 0 radical (unpaired) electrons. The fourth-order valence-corrected chi connectivity index (χ4v) is 2.36. The van der Waals surface area contributed by atoms with E-state index in [1.54, 1.807) is 18.7 Å². The van der Waals surface area contributed by atoms with Gasteiger partial charge in [-0.2, -0.15) is 5.10 Å². The largest absolute Gasteiger partial charge is 0.461 e. The van der Waals surface area contributed by atoms with Crippen LogP contribution in [0.25, 0.3) is 0 Å². The van der Waals surface area contributed by atoms with E-state index < -0.39 is 0 Å². The first-order valence-corrected chi connectivity index (χ1v) is 5.85. The van der Waals surface area contributed by atoms with E-state index in [9.17, 15) is 4.79 Å². The summed E-state index contributed by atoms with van der Waals surface area (Å²) in [5.41, 5.74) is 7.38. The average Bonchev–Trinajstić information content (AvgIpc) is 2.59. The number of ether oxygens (including phenoxy) is 1. The van der Waals surface area contributed by atoms with Crippen molar-refractivity contribution in [3.8, 4) is 0 Å². The molecule has 0 aliphatic heterocycles. The minimum Gasteiger partial charge on any atom is -0.461 e. The van der Waals surface area contributed by atoms with Crippen LogP contribution in [-0.4, -0.2) is 28.4 Å². The summed E-state index contributed by atoms with van der Waals surface area (Å²) in [4.78, 5) is 11.8. The molecule has 1 fully saturated rings. The van der Waals surface area contributed by atoms with Crippen molar-refractivity contribution < 1.29 is 9.53 Å². The van der Waals surface area contributed by atoms with Crippen molar-refractivity contribution in [2.45, 2.75) is 32.7 Å². The van der Waals surface area contributed by atoms with Gasteiger partial charge >= 0.3 is 5.97 Å². The molecule has 0 spiro atoms. The van der Waals surface area contributed by atoms with Crippen LogP contribution in [0.2, 0.25) is 0 Å². The Morgan fingerprint density at radius 1 is 1.65 bits per heavy atom. The Hall–Kier alpha value is -1.36. The highest BCUT2D eigenvalue weighted by molar-refractivity contribution is 5.89. The lowest BCUT2D eigenvalue weighted by atomic mass is 10.0. The Morgan fingerprint density at radius 3 is 2.71 bits per heavy atom. The zero-order valence-electron chi connectivity index (χ0n) is 10.7. The number of aryl methyl sites for hydroxylation is 1. The fraction of sp³-hybridized carbons (Fsp3) is 0.667. The molecule has 5 heteroatoms. The lowest BCUT2D eigenvalue weighted by Crippen LogP contribution is -2.09. The Bertz CT molecular complexity index is 451. The van der Waals surface area contributed by atoms with Gasteiger partial charge in [0.05, 0.1) is 6.61 Å². The first kappa shape index (κ1) is 12.1. The highest BCUT2D eigenvalue weighted by Gasteiger charge is 2.57. The van der Waals surface area contributed by atoms with Gasteiger partial charge in [0.1, 0.15) is 0 Å². The second kappa shape index (κ2) is 3.84. The molecule has 2 atom stereocenters. The van der Waals surface area contributed by atoms with Crippen LogP contribution in [0.1, 0.15) is 42.7 Å². The van der Waals surface area contributed by atoms with Crippen LogP contribution < -0.4 is 5.73 Å². The minimum absolute atomic E-state index is 0.0320. The minimum atomic E-state index is -0.363. The van der Waals surface area contributed by atoms with Gasteiger partial charge in [-0.1, -0.05) is 13.8 Å². The van der Waals surface area contributed by atoms with Crippen molar-refractivity contribution in [3.05, 3.63) is 17.5 Å². The second-order valence-electron chi connectivity index (χ2n) is 5.15. The first-order chi connectivity index (χ1) is 7.89. The topological polar surface area (TPSA) is 70.1 Å². The highest BCUT2D eigenvalue weighted by Crippen LogP contribution is 2.57. The van der Waals surface area contributed by atoms with Gasteiger partial charge < -0.3 is 10.5 Å². The molecule has 0 bridgehead atoms. The fourth-order valence-electron chi connectivity index (χ4n) is 2.36. The van der Waals surface area contributed by atoms with Gasteiger partial charge in [-0.25, -0.2) is 4.79 Å². The van der Waals surface area contributed by atoms with Crippen molar-refractivity contribution in [1.82, 2.24) is 9.78 Å². The maximum absolute atomic E-state index is 11.8. The Morgan fingerprint density at radius 2 is 2.24 bits per heavy atom. The normalized spacial score (nSPS) is 25.7. The molecule has 17 heavy (non-hydrogen) atoms. The summed E-state index contributed by atoms with van der Waals surface area (Å²) in [6, 6.07) is 0.0832. The van der Waals surface area contributed by atoms with E-state index in [2.05, 4.69) is 18.9 Å². The van der Waals surface area contributed by atoms with E-state index in [4.69, 9.17) is 10.5 Å². The molecule has 1 aliphatic carbocycles. The molecule has 0 saturated heterocycles. The number of hydrogen-bond acceptors (Lipinski definition) is 4. The van der Waals surface area contributed by atoms with Crippen LogP contribution in [0, 0.1) is 5.41 Å². The summed E-state index contributed by atoms with van der Waals surface area (Å²) in [5.74, 6) is -0.173. The Labute approximate surface area is 101 Å². The molecule has 5 nitrogen and oxygen atoms in total. The average molecular weight is 237 g/mol. The third-order valence-electron chi connectivity index (χ3n) is 3.57. The number of carbonyl (C=O) groups excluding carboxylic acids is 1. The molecule has 1 saturated carbocycles. The summed E-state index contributed by atoms with van der Waals surface area (Å²) in [6.45, 7) is 6.34. The first-order valence-electron chi connectivity index (χ1n) is 5.85. The predicted octanol–water partition coefficient (Wildman–Crippen LogP) is 1.05. The van der Waals surface area contributed by atoms with Crippen LogP contribution in [0.4, 0.5) is 0 Å². The van der Waals surface area contributed by atoms with Crippen molar-refractivity contribution >= 4 is 5.97 Å². The standard InChI is InChI=1S/C12H19N3O2/c1-5-17-11(16)9-7(6-15(4)14-9)8-10(13)12(8,2)3/h6,8,10H,5,13H2,1-4H3/t8-,10-/m1/s1. The van der Waals surface area contributed by atoms with Gasteiger partial charge in [-0.3, -0.25) is 4.68 Å². The highest BCUT2D eigenvalue weighted by atomic mass is 16.5. The van der Waals surface area contributed by atoms with Gasteiger partial charge in [0.15, 0.2) is 5.69 Å².